The molecule has 2 fully saturated rings. The summed E-state index contributed by atoms with van der Waals surface area (Å²) in [5, 5.41) is 10.4. The standard InChI is InChI=1S/C10H19NO/c1-8(2)10(12)5-7-11-6-3-4-9(10)11/h8-9,12H,3-7H2,1-2H3. The van der Waals surface area contributed by atoms with E-state index in [4.69, 9.17) is 0 Å². The van der Waals surface area contributed by atoms with Gasteiger partial charge in [-0.15, -0.1) is 0 Å². The van der Waals surface area contributed by atoms with Gasteiger partial charge in [0.25, 0.3) is 0 Å². The van der Waals surface area contributed by atoms with Crippen molar-refractivity contribution >= 4 is 0 Å². The molecule has 12 heavy (non-hydrogen) atoms. The molecule has 0 aromatic heterocycles. The molecule has 0 aromatic rings. The van der Waals surface area contributed by atoms with Crippen molar-refractivity contribution in [3.05, 3.63) is 0 Å². The molecule has 2 unspecified atom stereocenters. The Hall–Kier alpha value is -0.0800. The third kappa shape index (κ3) is 1.01. The summed E-state index contributed by atoms with van der Waals surface area (Å²) >= 11 is 0. The summed E-state index contributed by atoms with van der Waals surface area (Å²) in [5.41, 5.74) is -0.378. The molecule has 1 N–H and O–H groups in total. The van der Waals surface area contributed by atoms with E-state index in [1.54, 1.807) is 0 Å². The molecule has 0 saturated carbocycles. The maximum atomic E-state index is 10.4. The molecule has 2 heteroatoms. The number of aliphatic hydroxyl groups is 1. The van der Waals surface area contributed by atoms with Gasteiger partial charge < -0.3 is 5.11 Å². The monoisotopic (exact) mass is 169 g/mol. The van der Waals surface area contributed by atoms with Crippen molar-refractivity contribution < 1.29 is 5.11 Å². The first-order chi connectivity index (χ1) is 5.64. The quantitative estimate of drug-likeness (QED) is 0.638. The Labute approximate surface area is 74.6 Å². The molecular formula is C10H19NO. The fraction of sp³-hybridized carbons (Fsp3) is 1.00. The first-order valence-corrected chi connectivity index (χ1v) is 5.11. The number of fused-ring (bicyclic) bond motifs is 1. The fourth-order valence-electron chi connectivity index (χ4n) is 2.82. The van der Waals surface area contributed by atoms with Crippen LogP contribution in [-0.4, -0.2) is 34.7 Å². The van der Waals surface area contributed by atoms with Gasteiger partial charge in [-0.2, -0.15) is 0 Å². The lowest BCUT2D eigenvalue weighted by Gasteiger charge is -2.33. The van der Waals surface area contributed by atoms with Crippen LogP contribution in [0.15, 0.2) is 0 Å². The molecule has 2 heterocycles. The van der Waals surface area contributed by atoms with Crippen molar-refractivity contribution in [2.45, 2.75) is 44.8 Å². The van der Waals surface area contributed by atoms with Gasteiger partial charge in [0.15, 0.2) is 0 Å². The highest BCUT2D eigenvalue weighted by molar-refractivity contribution is 5.03. The van der Waals surface area contributed by atoms with E-state index in [9.17, 15) is 5.11 Å². The van der Waals surface area contributed by atoms with E-state index in [0.717, 1.165) is 13.0 Å². The van der Waals surface area contributed by atoms with Crippen LogP contribution >= 0.6 is 0 Å². The second kappa shape index (κ2) is 2.71. The van der Waals surface area contributed by atoms with Crippen LogP contribution in [0.25, 0.3) is 0 Å². The van der Waals surface area contributed by atoms with Crippen LogP contribution in [0, 0.1) is 5.92 Å². The topological polar surface area (TPSA) is 23.5 Å². The maximum Gasteiger partial charge on any atom is 0.0837 e. The number of rotatable bonds is 1. The first kappa shape index (κ1) is 8.52. The molecule has 2 nitrogen and oxygen atoms in total. The van der Waals surface area contributed by atoms with Crippen LogP contribution in [0.1, 0.15) is 33.1 Å². The third-order valence-corrected chi connectivity index (χ3v) is 3.74. The van der Waals surface area contributed by atoms with E-state index in [1.807, 2.05) is 0 Å². The normalized spacial score (nSPS) is 42.5. The minimum Gasteiger partial charge on any atom is -0.388 e. The van der Waals surface area contributed by atoms with E-state index in [2.05, 4.69) is 18.7 Å². The largest absolute Gasteiger partial charge is 0.388 e. The van der Waals surface area contributed by atoms with E-state index in [0.29, 0.717) is 12.0 Å². The molecule has 0 amide bonds. The lowest BCUT2D eigenvalue weighted by Crippen LogP contribution is -2.45. The number of hydrogen-bond donors (Lipinski definition) is 1. The van der Waals surface area contributed by atoms with Crippen LogP contribution < -0.4 is 0 Å². The number of hydrogen-bond acceptors (Lipinski definition) is 2. The summed E-state index contributed by atoms with van der Waals surface area (Å²) < 4.78 is 0. The van der Waals surface area contributed by atoms with Crippen molar-refractivity contribution in [1.29, 1.82) is 0 Å². The summed E-state index contributed by atoms with van der Waals surface area (Å²) in [6, 6.07) is 0.470. The second-order valence-electron chi connectivity index (χ2n) is 4.59. The Balaban J connectivity index is 2.17. The summed E-state index contributed by atoms with van der Waals surface area (Å²) in [5.74, 6) is 0.408. The van der Waals surface area contributed by atoms with Gasteiger partial charge in [-0.1, -0.05) is 13.8 Å². The molecule has 2 atom stereocenters. The average molecular weight is 169 g/mol. The molecule has 0 spiro atoms. The van der Waals surface area contributed by atoms with Crippen LogP contribution in [0.5, 0.6) is 0 Å². The Morgan fingerprint density at radius 3 is 2.83 bits per heavy atom. The summed E-state index contributed by atoms with van der Waals surface area (Å²) in [7, 11) is 0. The van der Waals surface area contributed by atoms with Gasteiger partial charge >= 0.3 is 0 Å². The average Bonchev–Trinajstić information content (AvgIpc) is 2.54. The molecular weight excluding hydrogens is 150 g/mol. The Kier molecular flexibility index (Phi) is 1.92. The van der Waals surface area contributed by atoms with E-state index >= 15 is 0 Å². The van der Waals surface area contributed by atoms with Gasteiger partial charge in [0, 0.05) is 12.6 Å². The van der Waals surface area contributed by atoms with Crippen molar-refractivity contribution in [3.8, 4) is 0 Å². The van der Waals surface area contributed by atoms with E-state index in [-0.39, 0.29) is 5.60 Å². The smallest absolute Gasteiger partial charge is 0.0837 e. The lowest BCUT2D eigenvalue weighted by atomic mass is 9.82. The Morgan fingerprint density at radius 1 is 1.42 bits per heavy atom. The highest BCUT2D eigenvalue weighted by atomic mass is 16.3. The van der Waals surface area contributed by atoms with Gasteiger partial charge in [-0.25, -0.2) is 0 Å². The van der Waals surface area contributed by atoms with Gasteiger partial charge in [-0.05, 0) is 31.7 Å². The second-order valence-corrected chi connectivity index (χ2v) is 4.59. The summed E-state index contributed by atoms with van der Waals surface area (Å²) in [4.78, 5) is 2.46. The van der Waals surface area contributed by atoms with Crippen molar-refractivity contribution in [3.63, 3.8) is 0 Å². The summed E-state index contributed by atoms with van der Waals surface area (Å²) in [6.45, 7) is 6.60. The zero-order valence-corrected chi connectivity index (χ0v) is 8.08. The SMILES string of the molecule is CC(C)C1(O)CCN2CCCC21. The molecule has 70 valence electrons. The van der Waals surface area contributed by atoms with Gasteiger partial charge in [0.2, 0.25) is 0 Å². The molecule has 0 aliphatic carbocycles. The van der Waals surface area contributed by atoms with Crippen LogP contribution in [0.3, 0.4) is 0 Å². The predicted octanol–water partition coefficient (Wildman–Crippen LogP) is 1.24. The lowest BCUT2D eigenvalue weighted by molar-refractivity contribution is -0.0274. The van der Waals surface area contributed by atoms with Crippen LogP contribution in [0.2, 0.25) is 0 Å². The molecule has 2 aliphatic rings. The van der Waals surface area contributed by atoms with Crippen molar-refractivity contribution in [1.82, 2.24) is 4.90 Å². The van der Waals surface area contributed by atoms with Gasteiger partial charge in [-0.3, -0.25) is 4.90 Å². The van der Waals surface area contributed by atoms with Crippen LogP contribution in [-0.2, 0) is 0 Å². The molecule has 2 rings (SSSR count). The predicted molar refractivity (Wildman–Crippen MR) is 49.0 cm³/mol. The van der Waals surface area contributed by atoms with Crippen molar-refractivity contribution in [2.24, 2.45) is 5.92 Å². The third-order valence-electron chi connectivity index (χ3n) is 3.74. The summed E-state index contributed by atoms with van der Waals surface area (Å²) in [6.07, 6.45) is 3.46. The molecule has 0 bridgehead atoms. The zero-order valence-electron chi connectivity index (χ0n) is 8.08. The highest BCUT2D eigenvalue weighted by Crippen LogP contribution is 2.40. The highest BCUT2D eigenvalue weighted by Gasteiger charge is 2.49. The number of nitrogens with zero attached hydrogens (tertiary/aromatic N) is 1. The molecule has 2 saturated heterocycles. The minimum absolute atomic E-state index is 0.378. The zero-order chi connectivity index (χ0) is 8.77. The van der Waals surface area contributed by atoms with Gasteiger partial charge in [0.1, 0.15) is 0 Å². The minimum atomic E-state index is -0.378. The fourth-order valence-corrected chi connectivity index (χ4v) is 2.82. The van der Waals surface area contributed by atoms with Gasteiger partial charge in [0.05, 0.1) is 5.60 Å². The Bertz CT molecular complexity index is 181. The maximum absolute atomic E-state index is 10.4. The van der Waals surface area contributed by atoms with E-state index in [1.165, 1.54) is 19.4 Å². The molecule has 2 aliphatic heterocycles. The molecule has 0 aromatic carbocycles. The van der Waals surface area contributed by atoms with E-state index < -0.39 is 0 Å². The first-order valence-electron chi connectivity index (χ1n) is 5.11. The van der Waals surface area contributed by atoms with Crippen molar-refractivity contribution in [2.75, 3.05) is 13.1 Å². The Morgan fingerprint density at radius 2 is 2.17 bits per heavy atom. The van der Waals surface area contributed by atoms with Crippen LogP contribution in [0.4, 0.5) is 0 Å². The molecule has 0 radical (unpaired) electrons.